The fourth-order valence-corrected chi connectivity index (χ4v) is 6.77. The molecule has 13 heteroatoms. The molecule has 1 aliphatic rings. The first-order valence-electron chi connectivity index (χ1n) is 21.2. The van der Waals surface area contributed by atoms with Gasteiger partial charge in [-0.25, -0.2) is 0 Å². The Bertz CT molecular complexity index is 1230. The van der Waals surface area contributed by atoms with Crippen molar-refractivity contribution in [3.05, 3.63) is 48.6 Å². The molecule has 12 nitrogen and oxygen atoms in total. The van der Waals surface area contributed by atoms with E-state index >= 15 is 0 Å². The zero-order valence-electron chi connectivity index (χ0n) is 34.2. The molecule has 56 heavy (non-hydrogen) atoms. The van der Waals surface area contributed by atoms with Gasteiger partial charge in [0.05, 0.1) is 6.61 Å². The predicted molar refractivity (Wildman–Crippen MR) is 219 cm³/mol. The van der Waals surface area contributed by atoms with Gasteiger partial charge >= 0.3 is 11.9 Å². The van der Waals surface area contributed by atoms with Crippen LogP contribution in [0.5, 0.6) is 0 Å². The molecule has 0 spiro atoms. The smallest absolute Gasteiger partial charge is 0.306 e. The summed E-state index contributed by atoms with van der Waals surface area (Å²) < 4.78 is 53.9. The molecule has 0 saturated carbocycles. The van der Waals surface area contributed by atoms with E-state index in [-0.39, 0.29) is 19.4 Å². The molecule has 4 N–H and O–H groups in total. The maximum Gasteiger partial charge on any atom is 0.306 e. The summed E-state index contributed by atoms with van der Waals surface area (Å²) in [5, 5.41) is 30.8. The minimum atomic E-state index is -4.61. The van der Waals surface area contributed by atoms with E-state index in [1.54, 1.807) is 0 Å². The van der Waals surface area contributed by atoms with Gasteiger partial charge in [0, 0.05) is 12.8 Å². The molecule has 0 aromatic heterocycles. The molecule has 0 radical (unpaired) electrons. The highest BCUT2D eigenvalue weighted by Gasteiger charge is 2.46. The maximum atomic E-state index is 12.8. The van der Waals surface area contributed by atoms with Gasteiger partial charge in [0.2, 0.25) is 0 Å². The maximum absolute atomic E-state index is 12.8. The summed E-state index contributed by atoms with van der Waals surface area (Å²) in [7, 11) is -4.61. The molecule has 0 amide bonds. The summed E-state index contributed by atoms with van der Waals surface area (Å²) in [6, 6.07) is 0. The number of carbonyl (C=O) groups is 2. The van der Waals surface area contributed by atoms with Crippen molar-refractivity contribution < 1.29 is 56.8 Å². The van der Waals surface area contributed by atoms with Gasteiger partial charge in [0.25, 0.3) is 10.1 Å². The standard InChI is InChI=1S/C43H74O12S/c1-3-5-7-9-11-13-15-16-17-18-19-20-22-24-26-28-30-32-39(45)54-36(33-52-38(44)31-29-27-25-23-21-14-12-10-8-6-4-2)34-53-43-42(48)41(47)40(46)37(55-43)35-56(49,50)51/h11,13,16-17,19-20,24,26,36-37,40-43,46-48H,3-10,12,14-15,18,21-23,25,27-35H2,1-2H3,(H,49,50,51)/b13-11+,17-16+,20-19+,26-24+/t36-,37-,40-,41?,42?,43+/m1/s1. The lowest BCUT2D eigenvalue weighted by Gasteiger charge is -2.40. The number of ether oxygens (including phenoxy) is 4. The van der Waals surface area contributed by atoms with Crippen molar-refractivity contribution in [3.63, 3.8) is 0 Å². The molecule has 1 rings (SSSR count). The Kier molecular flexibility index (Phi) is 30.9. The van der Waals surface area contributed by atoms with Crippen LogP contribution in [0, 0.1) is 0 Å². The molecule has 0 aliphatic carbocycles. The van der Waals surface area contributed by atoms with Crippen LogP contribution in [0.1, 0.15) is 155 Å². The zero-order valence-corrected chi connectivity index (χ0v) is 35.0. The molecular weight excluding hydrogens is 741 g/mol. The first-order valence-corrected chi connectivity index (χ1v) is 22.8. The van der Waals surface area contributed by atoms with Crippen LogP contribution in [0.3, 0.4) is 0 Å². The van der Waals surface area contributed by atoms with Crippen LogP contribution in [-0.2, 0) is 38.7 Å². The number of aliphatic hydroxyl groups is 3. The lowest BCUT2D eigenvalue weighted by atomic mass is 10.00. The van der Waals surface area contributed by atoms with Gasteiger partial charge < -0.3 is 34.3 Å². The van der Waals surface area contributed by atoms with Crippen LogP contribution in [0.15, 0.2) is 48.6 Å². The van der Waals surface area contributed by atoms with Crippen molar-refractivity contribution in [2.24, 2.45) is 0 Å². The quantitative estimate of drug-likeness (QED) is 0.0213. The zero-order chi connectivity index (χ0) is 41.3. The first kappa shape index (κ1) is 51.6. The lowest BCUT2D eigenvalue weighted by molar-refractivity contribution is -0.297. The summed E-state index contributed by atoms with van der Waals surface area (Å²) in [4.78, 5) is 25.3. The average molecular weight is 815 g/mol. The van der Waals surface area contributed by atoms with Gasteiger partial charge in [0.1, 0.15) is 36.8 Å². The van der Waals surface area contributed by atoms with E-state index in [1.165, 1.54) is 64.2 Å². The summed E-state index contributed by atoms with van der Waals surface area (Å²) in [6.45, 7) is 3.66. The third-order valence-electron chi connectivity index (χ3n) is 9.41. The fraction of sp³-hybridized carbons (Fsp3) is 0.767. The second-order valence-electron chi connectivity index (χ2n) is 14.7. The normalized spacial score (nSPS) is 21.1. The molecule has 0 aromatic rings. The Morgan fingerprint density at radius 3 is 1.64 bits per heavy atom. The van der Waals surface area contributed by atoms with Gasteiger partial charge in [-0.1, -0.05) is 140 Å². The van der Waals surface area contributed by atoms with Crippen LogP contribution < -0.4 is 0 Å². The monoisotopic (exact) mass is 814 g/mol. The van der Waals surface area contributed by atoms with Gasteiger partial charge in [-0.15, -0.1) is 0 Å². The van der Waals surface area contributed by atoms with Crippen LogP contribution in [0.2, 0.25) is 0 Å². The summed E-state index contributed by atoms with van der Waals surface area (Å²) in [6.07, 6.45) is 28.8. The number of allylic oxidation sites excluding steroid dienone is 8. The SMILES string of the molecule is CCCCC/C=C/C/C=C/C/C=C/C/C=C/CCCC(=O)O[C@H](COC(=O)CCCCCCCCCCCCC)CO[C@H]1O[C@H](CS(=O)(=O)O)[C@@H](O)C(O)C1O. The Morgan fingerprint density at radius 1 is 0.607 bits per heavy atom. The molecular formula is C43H74O12S. The molecule has 1 aliphatic heterocycles. The van der Waals surface area contributed by atoms with Gasteiger partial charge in [-0.05, 0) is 51.4 Å². The molecule has 1 fully saturated rings. The first-order chi connectivity index (χ1) is 27.0. The van der Waals surface area contributed by atoms with E-state index in [0.717, 1.165) is 44.9 Å². The van der Waals surface area contributed by atoms with E-state index in [9.17, 15) is 37.9 Å². The van der Waals surface area contributed by atoms with Crippen LogP contribution in [0.4, 0.5) is 0 Å². The number of esters is 2. The molecule has 2 unspecified atom stereocenters. The van der Waals surface area contributed by atoms with Crippen LogP contribution in [0.25, 0.3) is 0 Å². The number of hydrogen-bond donors (Lipinski definition) is 4. The predicted octanol–water partition coefficient (Wildman–Crippen LogP) is 8.00. The fourth-order valence-electron chi connectivity index (χ4n) is 6.08. The number of aliphatic hydroxyl groups excluding tert-OH is 3. The van der Waals surface area contributed by atoms with Crippen molar-refractivity contribution in [1.29, 1.82) is 0 Å². The highest BCUT2D eigenvalue weighted by molar-refractivity contribution is 7.85. The Hall–Kier alpha value is -2.39. The third kappa shape index (κ3) is 28.1. The third-order valence-corrected chi connectivity index (χ3v) is 10.2. The second kappa shape index (κ2) is 33.6. The van der Waals surface area contributed by atoms with Gasteiger partial charge in [-0.3, -0.25) is 14.1 Å². The molecule has 324 valence electrons. The molecule has 0 bridgehead atoms. The van der Waals surface area contributed by atoms with Crippen molar-refractivity contribution in [2.75, 3.05) is 19.0 Å². The lowest BCUT2D eigenvalue weighted by Crippen LogP contribution is -2.60. The number of unbranched alkanes of at least 4 members (excludes halogenated alkanes) is 14. The summed E-state index contributed by atoms with van der Waals surface area (Å²) in [5.74, 6) is -2.06. The topological polar surface area (TPSA) is 186 Å². The van der Waals surface area contributed by atoms with Crippen molar-refractivity contribution in [1.82, 2.24) is 0 Å². The van der Waals surface area contributed by atoms with E-state index in [4.69, 9.17) is 18.9 Å². The summed E-state index contributed by atoms with van der Waals surface area (Å²) in [5.41, 5.74) is 0. The second-order valence-corrected chi connectivity index (χ2v) is 16.2. The Balaban J connectivity index is 2.53. The van der Waals surface area contributed by atoms with E-state index in [2.05, 4.69) is 50.3 Å². The van der Waals surface area contributed by atoms with E-state index in [1.807, 2.05) is 12.2 Å². The van der Waals surface area contributed by atoms with Crippen LogP contribution >= 0.6 is 0 Å². The summed E-state index contributed by atoms with van der Waals surface area (Å²) >= 11 is 0. The minimum absolute atomic E-state index is 0.0884. The largest absolute Gasteiger partial charge is 0.462 e. The van der Waals surface area contributed by atoms with Crippen molar-refractivity contribution in [3.8, 4) is 0 Å². The average Bonchev–Trinajstić information content (AvgIpc) is 3.16. The molecule has 1 saturated heterocycles. The number of carbonyl (C=O) groups excluding carboxylic acids is 2. The molecule has 6 atom stereocenters. The van der Waals surface area contributed by atoms with Crippen molar-refractivity contribution >= 4 is 22.1 Å². The Morgan fingerprint density at radius 2 is 1.09 bits per heavy atom. The molecule has 0 aromatic carbocycles. The minimum Gasteiger partial charge on any atom is -0.462 e. The highest BCUT2D eigenvalue weighted by atomic mass is 32.2. The molecule has 1 heterocycles. The highest BCUT2D eigenvalue weighted by Crippen LogP contribution is 2.24. The van der Waals surface area contributed by atoms with E-state index < -0.39 is 71.2 Å². The number of hydrogen-bond acceptors (Lipinski definition) is 11. The van der Waals surface area contributed by atoms with Gasteiger partial charge in [0.15, 0.2) is 12.4 Å². The van der Waals surface area contributed by atoms with E-state index in [0.29, 0.717) is 19.3 Å². The Labute approximate surface area is 337 Å². The van der Waals surface area contributed by atoms with Gasteiger partial charge in [-0.2, -0.15) is 8.42 Å². The van der Waals surface area contributed by atoms with Crippen LogP contribution in [-0.4, -0.2) is 96.0 Å². The van der Waals surface area contributed by atoms with Crippen molar-refractivity contribution in [2.45, 2.75) is 192 Å². The number of rotatable bonds is 34.